The Morgan fingerprint density at radius 1 is 0.386 bits per heavy atom. The maximum Gasteiger partial charge on any atom is 0.164 e. The third-order valence-corrected chi connectivity index (χ3v) is 12.2. The van der Waals surface area contributed by atoms with Crippen molar-refractivity contribution in [1.29, 1.82) is 0 Å². The molecular formula is C51H30N4OS. The van der Waals surface area contributed by atoms with E-state index in [0.717, 1.165) is 55.4 Å². The highest BCUT2D eigenvalue weighted by Crippen LogP contribution is 2.42. The van der Waals surface area contributed by atoms with E-state index in [1.165, 1.54) is 42.0 Å². The summed E-state index contributed by atoms with van der Waals surface area (Å²) in [4.78, 5) is 15.3. The molecule has 5 nitrogen and oxygen atoms in total. The van der Waals surface area contributed by atoms with Crippen molar-refractivity contribution in [2.24, 2.45) is 0 Å². The molecule has 6 heteroatoms. The summed E-state index contributed by atoms with van der Waals surface area (Å²) in [6, 6.07) is 63.8. The highest BCUT2D eigenvalue weighted by atomic mass is 32.1. The Labute approximate surface area is 330 Å². The van der Waals surface area contributed by atoms with Crippen molar-refractivity contribution in [2.75, 3.05) is 0 Å². The molecule has 12 rings (SSSR count). The number of thiophene rings is 1. The van der Waals surface area contributed by atoms with Gasteiger partial charge in [0.1, 0.15) is 11.2 Å². The molecule has 0 atom stereocenters. The molecule has 0 aliphatic rings. The van der Waals surface area contributed by atoms with Crippen molar-refractivity contribution in [1.82, 2.24) is 19.5 Å². The van der Waals surface area contributed by atoms with E-state index in [2.05, 4.69) is 150 Å². The van der Waals surface area contributed by atoms with Crippen LogP contribution in [0.4, 0.5) is 0 Å². The van der Waals surface area contributed by atoms with Gasteiger partial charge in [0.05, 0.1) is 16.7 Å². The molecule has 4 heterocycles. The van der Waals surface area contributed by atoms with Crippen LogP contribution >= 0.6 is 11.3 Å². The molecule has 8 aromatic carbocycles. The van der Waals surface area contributed by atoms with Gasteiger partial charge in [0.2, 0.25) is 0 Å². The first-order chi connectivity index (χ1) is 28.2. The first-order valence-corrected chi connectivity index (χ1v) is 19.8. The average Bonchev–Trinajstić information content (AvgIpc) is 3.95. The number of aromatic nitrogens is 4. The van der Waals surface area contributed by atoms with Gasteiger partial charge < -0.3 is 8.98 Å². The topological polar surface area (TPSA) is 56.7 Å². The minimum Gasteiger partial charge on any atom is -0.456 e. The number of hydrogen-bond acceptors (Lipinski definition) is 5. The van der Waals surface area contributed by atoms with Gasteiger partial charge in [-0.25, -0.2) is 15.0 Å². The summed E-state index contributed by atoms with van der Waals surface area (Å²) < 4.78 is 11.5. The second-order valence-electron chi connectivity index (χ2n) is 14.4. The van der Waals surface area contributed by atoms with E-state index in [9.17, 15) is 0 Å². The van der Waals surface area contributed by atoms with Gasteiger partial charge in [-0.05, 0) is 72.3 Å². The third kappa shape index (κ3) is 5.04. The minimum absolute atomic E-state index is 0.605. The van der Waals surface area contributed by atoms with E-state index in [-0.39, 0.29) is 0 Å². The lowest BCUT2D eigenvalue weighted by molar-refractivity contribution is 0.669. The largest absolute Gasteiger partial charge is 0.456 e. The van der Waals surface area contributed by atoms with E-state index in [4.69, 9.17) is 19.4 Å². The fourth-order valence-corrected chi connectivity index (χ4v) is 9.57. The Morgan fingerprint density at radius 3 is 1.74 bits per heavy atom. The SMILES string of the molecule is c1ccc(-c2nc(-c3ccc4sc5ccccc5c4c3)nc(-c3ccc4oc5cccc(-c6ccccc6-n6c7ccccc7c7ccccc76)c5c4c3)n2)cc1. The van der Waals surface area contributed by atoms with Crippen LogP contribution in [0.2, 0.25) is 0 Å². The van der Waals surface area contributed by atoms with Crippen LogP contribution in [0.3, 0.4) is 0 Å². The fourth-order valence-electron chi connectivity index (χ4n) is 8.48. The lowest BCUT2D eigenvalue weighted by Gasteiger charge is -2.15. The van der Waals surface area contributed by atoms with Gasteiger partial charge >= 0.3 is 0 Å². The van der Waals surface area contributed by atoms with Gasteiger partial charge in [-0.2, -0.15) is 0 Å². The maximum atomic E-state index is 6.57. The summed E-state index contributed by atoms with van der Waals surface area (Å²) in [5, 5.41) is 6.96. The molecule has 0 radical (unpaired) electrons. The van der Waals surface area contributed by atoms with Crippen molar-refractivity contribution >= 4 is 75.3 Å². The van der Waals surface area contributed by atoms with Crippen LogP contribution < -0.4 is 0 Å². The van der Waals surface area contributed by atoms with E-state index in [0.29, 0.717) is 17.5 Å². The molecule has 266 valence electrons. The predicted molar refractivity (Wildman–Crippen MR) is 236 cm³/mol. The van der Waals surface area contributed by atoms with Crippen LogP contribution in [0.1, 0.15) is 0 Å². The zero-order valence-electron chi connectivity index (χ0n) is 30.4. The molecule has 0 unspecified atom stereocenters. The van der Waals surface area contributed by atoms with E-state index < -0.39 is 0 Å². The molecule has 0 spiro atoms. The van der Waals surface area contributed by atoms with Gasteiger partial charge in [0.15, 0.2) is 17.5 Å². The highest BCUT2D eigenvalue weighted by molar-refractivity contribution is 7.25. The van der Waals surface area contributed by atoms with Crippen molar-refractivity contribution in [3.63, 3.8) is 0 Å². The van der Waals surface area contributed by atoms with Crippen molar-refractivity contribution < 1.29 is 4.42 Å². The van der Waals surface area contributed by atoms with E-state index in [1.54, 1.807) is 11.3 Å². The lowest BCUT2D eigenvalue weighted by Crippen LogP contribution is -2.00. The molecule has 0 fully saturated rings. The monoisotopic (exact) mass is 746 g/mol. The molecule has 0 saturated heterocycles. The van der Waals surface area contributed by atoms with Crippen LogP contribution in [0.15, 0.2) is 186 Å². The smallest absolute Gasteiger partial charge is 0.164 e. The molecule has 0 saturated carbocycles. The van der Waals surface area contributed by atoms with Crippen LogP contribution in [0.5, 0.6) is 0 Å². The molecule has 12 aromatic rings. The fraction of sp³-hybridized carbons (Fsp3) is 0. The standard InChI is InChI=1S/C51H30N4OS/c1-2-13-31(14-3-1)49-52-50(54-51(53-49)33-26-28-47-39(29-33)37-18-7-11-24-46(37)57-47)32-25-27-44-40(30-32)48-38(19-12-23-45(48)56-44)36-17-6-10-22-43(36)55-41-20-8-4-15-34(41)35-16-5-9-21-42(35)55/h1-30H. The summed E-state index contributed by atoms with van der Waals surface area (Å²) in [6.45, 7) is 0. The number of nitrogens with zero attached hydrogens (tertiary/aromatic N) is 4. The van der Waals surface area contributed by atoms with Crippen LogP contribution in [0, 0.1) is 0 Å². The number of benzene rings is 8. The number of hydrogen-bond donors (Lipinski definition) is 0. The van der Waals surface area contributed by atoms with Crippen LogP contribution in [0.25, 0.3) is 115 Å². The summed E-state index contributed by atoms with van der Waals surface area (Å²) >= 11 is 1.81. The summed E-state index contributed by atoms with van der Waals surface area (Å²) in [5.41, 5.74) is 10.1. The van der Waals surface area contributed by atoms with Gasteiger partial charge in [-0.1, -0.05) is 115 Å². The van der Waals surface area contributed by atoms with Crippen molar-refractivity contribution in [3.8, 4) is 51.0 Å². The van der Waals surface area contributed by atoms with Gasteiger partial charge in [-0.15, -0.1) is 11.3 Å². The van der Waals surface area contributed by atoms with Gasteiger partial charge in [0, 0.05) is 64.0 Å². The van der Waals surface area contributed by atoms with Crippen molar-refractivity contribution in [3.05, 3.63) is 182 Å². The average molecular weight is 747 g/mol. The number of para-hydroxylation sites is 3. The normalized spacial score (nSPS) is 11.9. The Morgan fingerprint density at radius 2 is 0.965 bits per heavy atom. The second kappa shape index (κ2) is 12.6. The zero-order chi connectivity index (χ0) is 37.5. The van der Waals surface area contributed by atoms with E-state index >= 15 is 0 Å². The number of furan rings is 1. The molecule has 4 aromatic heterocycles. The summed E-state index contributed by atoms with van der Waals surface area (Å²) in [5.74, 6) is 1.87. The van der Waals surface area contributed by atoms with Crippen molar-refractivity contribution in [2.45, 2.75) is 0 Å². The van der Waals surface area contributed by atoms with E-state index in [1.807, 2.05) is 36.4 Å². The predicted octanol–water partition coefficient (Wildman–Crippen LogP) is 13.9. The van der Waals surface area contributed by atoms with Crippen LogP contribution in [-0.2, 0) is 0 Å². The van der Waals surface area contributed by atoms with Gasteiger partial charge in [0.25, 0.3) is 0 Å². The van der Waals surface area contributed by atoms with Crippen LogP contribution in [-0.4, -0.2) is 19.5 Å². The number of rotatable bonds is 5. The number of fused-ring (bicyclic) bond motifs is 9. The summed E-state index contributed by atoms with van der Waals surface area (Å²) in [6.07, 6.45) is 0. The Balaban J connectivity index is 1.06. The minimum atomic E-state index is 0.605. The molecule has 0 aliphatic heterocycles. The Hall–Kier alpha value is -7.41. The molecule has 0 aliphatic carbocycles. The van der Waals surface area contributed by atoms with Gasteiger partial charge in [-0.3, -0.25) is 0 Å². The quantitative estimate of drug-likeness (QED) is 0.176. The molecule has 57 heavy (non-hydrogen) atoms. The molecular weight excluding hydrogens is 717 g/mol. The Kier molecular flexibility index (Phi) is 7.03. The highest BCUT2D eigenvalue weighted by Gasteiger charge is 2.20. The summed E-state index contributed by atoms with van der Waals surface area (Å²) in [7, 11) is 0. The first-order valence-electron chi connectivity index (χ1n) is 19.0. The maximum absolute atomic E-state index is 6.57. The second-order valence-corrected chi connectivity index (χ2v) is 15.4. The lowest BCUT2D eigenvalue weighted by atomic mass is 9.97. The third-order valence-electron chi connectivity index (χ3n) is 11.1. The molecule has 0 N–H and O–H groups in total. The first kappa shape index (κ1) is 31.9. The molecule has 0 bridgehead atoms. The zero-order valence-corrected chi connectivity index (χ0v) is 31.2. The Bertz CT molecular complexity index is 3490. The molecule has 0 amide bonds.